The van der Waals surface area contributed by atoms with Gasteiger partial charge in [0.05, 0.1) is 11.5 Å². The lowest BCUT2D eigenvalue weighted by Crippen LogP contribution is -2.36. The summed E-state index contributed by atoms with van der Waals surface area (Å²) in [6.07, 6.45) is -0.122. The van der Waals surface area contributed by atoms with Gasteiger partial charge < -0.3 is 15.6 Å². The second kappa shape index (κ2) is 9.18. The maximum absolute atomic E-state index is 13.0. The van der Waals surface area contributed by atoms with Crippen LogP contribution in [0.4, 0.5) is 11.5 Å². The van der Waals surface area contributed by atoms with Crippen molar-refractivity contribution in [3.05, 3.63) is 80.1 Å². The molecule has 0 saturated heterocycles. The van der Waals surface area contributed by atoms with Gasteiger partial charge in [0.2, 0.25) is 11.8 Å². The van der Waals surface area contributed by atoms with Crippen LogP contribution in [0.2, 0.25) is 5.02 Å². The number of rotatable bonds is 5. The number of thioether (sulfide) groups is 1. The Morgan fingerprint density at radius 2 is 2.03 bits per heavy atom. The van der Waals surface area contributed by atoms with Gasteiger partial charge in [-0.1, -0.05) is 53.2 Å². The summed E-state index contributed by atoms with van der Waals surface area (Å²) < 4.78 is 0. The number of halogens is 1. The van der Waals surface area contributed by atoms with Gasteiger partial charge >= 0.3 is 0 Å². The highest BCUT2D eigenvalue weighted by Gasteiger charge is 2.35. The Balaban J connectivity index is 1.58. The van der Waals surface area contributed by atoms with Crippen LogP contribution in [-0.4, -0.2) is 21.8 Å². The summed E-state index contributed by atoms with van der Waals surface area (Å²) in [6.45, 7) is 3.86. The van der Waals surface area contributed by atoms with Crippen molar-refractivity contribution in [2.45, 2.75) is 37.1 Å². The average Bonchev–Trinajstić information content (AvgIpc) is 2.73. The molecular formula is C23H21ClN4O3S. The fourth-order valence-corrected chi connectivity index (χ4v) is 4.61. The highest BCUT2D eigenvalue weighted by molar-refractivity contribution is 7.98. The molecule has 7 nitrogen and oxygen atoms in total. The molecule has 0 spiro atoms. The van der Waals surface area contributed by atoms with Crippen molar-refractivity contribution in [1.82, 2.24) is 9.97 Å². The Bertz CT molecular complexity index is 1270. The van der Waals surface area contributed by atoms with E-state index in [1.165, 1.54) is 11.8 Å². The van der Waals surface area contributed by atoms with Crippen LogP contribution in [-0.2, 0) is 15.3 Å². The number of carbonyl (C=O) groups is 2. The summed E-state index contributed by atoms with van der Waals surface area (Å²) in [5.74, 6) is -1.05. The molecule has 0 unspecified atom stereocenters. The lowest BCUT2D eigenvalue weighted by Gasteiger charge is -2.24. The highest BCUT2D eigenvalue weighted by Crippen LogP contribution is 2.31. The molecule has 1 aromatic heterocycles. The van der Waals surface area contributed by atoms with Crippen molar-refractivity contribution in [3.8, 4) is 0 Å². The molecule has 3 aromatic rings. The summed E-state index contributed by atoms with van der Waals surface area (Å²) in [4.78, 5) is 45.3. The third-order valence-corrected chi connectivity index (χ3v) is 6.33. The van der Waals surface area contributed by atoms with Crippen molar-refractivity contribution in [3.63, 3.8) is 0 Å². The van der Waals surface area contributed by atoms with Crippen molar-refractivity contribution in [1.29, 1.82) is 0 Å². The van der Waals surface area contributed by atoms with Crippen molar-refractivity contribution in [2.24, 2.45) is 0 Å². The van der Waals surface area contributed by atoms with Crippen LogP contribution < -0.4 is 16.2 Å². The van der Waals surface area contributed by atoms with E-state index in [9.17, 15) is 14.4 Å². The van der Waals surface area contributed by atoms with E-state index in [1.807, 2.05) is 50.2 Å². The van der Waals surface area contributed by atoms with E-state index in [2.05, 4.69) is 20.6 Å². The van der Waals surface area contributed by atoms with Crippen LogP contribution >= 0.6 is 23.4 Å². The average molecular weight is 469 g/mol. The fourth-order valence-electron chi connectivity index (χ4n) is 3.60. The SMILES string of the molecule is Cc1ccc(NC(=O)[C@H]2CC(=O)Nc3nc(SCc4cccc(Cl)c4)[nH]c(=O)c32)c(C)c1. The van der Waals surface area contributed by atoms with Gasteiger partial charge in [0.25, 0.3) is 5.56 Å². The zero-order chi connectivity index (χ0) is 22.8. The van der Waals surface area contributed by atoms with Crippen LogP contribution in [0.5, 0.6) is 0 Å². The summed E-state index contributed by atoms with van der Waals surface area (Å²) in [5.41, 5.74) is 3.32. The lowest BCUT2D eigenvalue weighted by molar-refractivity contribution is -0.123. The number of benzene rings is 2. The number of hydrogen-bond acceptors (Lipinski definition) is 5. The molecular weight excluding hydrogens is 448 g/mol. The molecule has 1 aliphatic heterocycles. The first-order chi connectivity index (χ1) is 15.3. The van der Waals surface area contributed by atoms with Gasteiger partial charge in [-0.3, -0.25) is 14.4 Å². The first-order valence-corrected chi connectivity index (χ1v) is 11.4. The molecule has 3 N–H and O–H groups in total. The van der Waals surface area contributed by atoms with Gasteiger partial charge in [-0.05, 0) is 43.2 Å². The summed E-state index contributed by atoms with van der Waals surface area (Å²) in [5, 5.41) is 6.45. The Kier molecular flexibility index (Phi) is 6.34. The molecule has 1 atom stereocenters. The summed E-state index contributed by atoms with van der Waals surface area (Å²) >= 11 is 7.32. The van der Waals surface area contributed by atoms with Crippen LogP contribution in [0.1, 0.15) is 34.6 Å². The minimum Gasteiger partial charge on any atom is -0.325 e. The van der Waals surface area contributed by atoms with E-state index in [4.69, 9.17) is 11.6 Å². The number of amides is 2. The molecule has 9 heteroatoms. The van der Waals surface area contributed by atoms with Crippen LogP contribution in [0.25, 0.3) is 0 Å². The minimum absolute atomic E-state index is 0.122. The Morgan fingerprint density at radius 3 is 2.78 bits per heavy atom. The predicted octanol–water partition coefficient (Wildman–Crippen LogP) is 4.40. The van der Waals surface area contributed by atoms with E-state index in [0.29, 0.717) is 21.6 Å². The second-order valence-corrected chi connectivity index (χ2v) is 9.06. The van der Waals surface area contributed by atoms with Crippen LogP contribution in [0, 0.1) is 13.8 Å². The number of carbonyl (C=O) groups excluding carboxylic acids is 2. The molecule has 2 aromatic carbocycles. The number of nitrogens with one attached hydrogen (secondary N) is 3. The fraction of sp³-hybridized carbons (Fsp3) is 0.217. The quantitative estimate of drug-likeness (QED) is 0.380. The number of hydrogen-bond donors (Lipinski definition) is 3. The molecule has 2 amide bonds. The molecule has 0 bridgehead atoms. The zero-order valence-corrected chi connectivity index (χ0v) is 19.1. The van der Waals surface area contributed by atoms with E-state index in [-0.39, 0.29) is 23.7 Å². The number of fused-ring (bicyclic) bond motifs is 1. The van der Waals surface area contributed by atoms with E-state index in [0.717, 1.165) is 16.7 Å². The van der Waals surface area contributed by atoms with Gasteiger partial charge in [-0.2, -0.15) is 0 Å². The smallest absolute Gasteiger partial charge is 0.257 e. The van der Waals surface area contributed by atoms with Crippen LogP contribution in [0.15, 0.2) is 52.4 Å². The third-order valence-electron chi connectivity index (χ3n) is 5.15. The first kappa shape index (κ1) is 22.1. The molecule has 0 fully saturated rings. The molecule has 4 rings (SSSR count). The molecule has 0 saturated carbocycles. The highest BCUT2D eigenvalue weighted by atomic mass is 35.5. The third kappa shape index (κ3) is 4.87. The molecule has 32 heavy (non-hydrogen) atoms. The largest absolute Gasteiger partial charge is 0.325 e. The number of aromatic nitrogens is 2. The monoisotopic (exact) mass is 468 g/mol. The number of aromatic amines is 1. The first-order valence-electron chi connectivity index (χ1n) is 9.99. The zero-order valence-electron chi connectivity index (χ0n) is 17.5. The van der Waals surface area contributed by atoms with Gasteiger partial charge in [-0.15, -0.1) is 0 Å². The molecule has 0 aliphatic carbocycles. The molecule has 2 heterocycles. The van der Waals surface area contributed by atoms with E-state index in [1.54, 1.807) is 6.07 Å². The maximum atomic E-state index is 13.0. The van der Waals surface area contributed by atoms with Gasteiger partial charge in [0.15, 0.2) is 5.16 Å². The number of aryl methyl sites for hydroxylation is 2. The summed E-state index contributed by atoms with van der Waals surface area (Å²) in [7, 11) is 0. The summed E-state index contributed by atoms with van der Waals surface area (Å²) in [6, 6.07) is 13.0. The normalized spacial score (nSPS) is 15.1. The predicted molar refractivity (Wildman–Crippen MR) is 126 cm³/mol. The van der Waals surface area contributed by atoms with Gasteiger partial charge in [-0.25, -0.2) is 4.98 Å². The van der Waals surface area contributed by atoms with Crippen molar-refractivity contribution < 1.29 is 9.59 Å². The van der Waals surface area contributed by atoms with Crippen molar-refractivity contribution in [2.75, 3.05) is 10.6 Å². The lowest BCUT2D eigenvalue weighted by atomic mass is 9.92. The van der Waals surface area contributed by atoms with Gasteiger partial charge in [0.1, 0.15) is 5.82 Å². The van der Waals surface area contributed by atoms with Crippen LogP contribution in [0.3, 0.4) is 0 Å². The number of nitrogens with zero attached hydrogens (tertiary/aromatic N) is 1. The molecule has 1 aliphatic rings. The molecule has 0 radical (unpaired) electrons. The minimum atomic E-state index is -0.928. The standard InChI is InChI=1S/C23H21ClN4O3S/c1-12-6-7-17(13(2)8-12)25-21(30)16-10-18(29)26-20-19(16)22(31)28-23(27-20)32-11-14-4-3-5-15(24)9-14/h3-9,16H,10-11H2,1-2H3,(H,25,30)(H2,26,27,28,29,31)/t16-/m0/s1. The number of anilines is 2. The number of H-pyrrole nitrogens is 1. The maximum Gasteiger partial charge on any atom is 0.257 e. The molecule has 164 valence electrons. The Labute approximate surface area is 194 Å². The second-order valence-electron chi connectivity index (χ2n) is 7.66. The van der Waals surface area contributed by atoms with Gasteiger partial charge in [0, 0.05) is 22.9 Å². The van der Waals surface area contributed by atoms with Crippen molar-refractivity contribution >= 4 is 46.7 Å². The topological polar surface area (TPSA) is 104 Å². The Hall–Kier alpha value is -3.10. The van der Waals surface area contributed by atoms with E-state index < -0.39 is 17.4 Å². The Morgan fingerprint density at radius 1 is 1.22 bits per heavy atom. The van der Waals surface area contributed by atoms with E-state index >= 15 is 0 Å².